The van der Waals surface area contributed by atoms with Gasteiger partial charge in [-0.25, -0.2) is 4.79 Å². The Morgan fingerprint density at radius 2 is 1.84 bits per heavy atom. The van der Waals surface area contributed by atoms with Gasteiger partial charge in [0.1, 0.15) is 13.2 Å². The summed E-state index contributed by atoms with van der Waals surface area (Å²) >= 11 is 0. The van der Waals surface area contributed by atoms with Crippen molar-refractivity contribution in [2.75, 3.05) is 19.7 Å². The molecule has 1 amide bonds. The lowest BCUT2D eigenvalue weighted by Crippen LogP contribution is -2.48. The van der Waals surface area contributed by atoms with Gasteiger partial charge < -0.3 is 28.8 Å². The van der Waals surface area contributed by atoms with E-state index in [0.717, 1.165) is 5.56 Å². The van der Waals surface area contributed by atoms with E-state index in [1.807, 2.05) is 30.3 Å². The molecule has 2 aliphatic heterocycles. The second-order valence-electron chi connectivity index (χ2n) is 7.46. The third kappa shape index (κ3) is 5.08. The predicted octanol–water partition coefficient (Wildman–Crippen LogP) is 1.81. The minimum absolute atomic E-state index is 0.0415. The first-order valence-corrected chi connectivity index (χ1v) is 9.98. The van der Waals surface area contributed by atoms with Crippen LogP contribution >= 0.6 is 0 Å². The Morgan fingerprint density at radius 1 is 1.19 bits per heavy atom. The highest BCUT2D eigenvalue weighted by atomic mass is 16.8. The summed E-state index contributed by atoms with van der Waals surface area (Å²) in [5, 5.41) is 6.89. The number of carbonyl (C=O) groups is 3. The number of rotatable bonds is 4. The molecule has 0 saturated carbocycles. The van der Waals surface area contributed by atoms with Gasteiger partial charge >= 0.3 is 6.16 Å². The first-order chi connectivity index (χ1) is 15.4. The number of aryl methyl sites for hydroxylation is 1. The number of likely N-dealkylation sites (tertiary alicyclic amines) is 1. The van der Waals surface area contributed by atoms with Crippen molar-refractivity contribution in [1.29, 1.82) is 0 Å². The van der Waals surface area contributed by atoms with Gasteiger partial charge in [-0.1, -0.05) is 30.3 Å². The van der Waals surface area contributed by atoms with E-state index in [1.54, 1.807) is 22.7 Å². The van der Waals surface area contributed by atoms with Gasteiger partial charge in [-0.2, -0.15) is 0 Å². The molecular formula is C22H24N2O8. The molecule has 0 aliphatic carbocycles. The van der Waals surface area contributed by atoms with Gasteiger partial charge in [0.25, 0.3) is 12.4 Å². The van der Waals surface area contributed by atoms with Crippen molar-refractivity contribution in [1.82, 2.24) is 9.47 Å². The van der Waals surface area contributed by atoms with Crippen LogP contribution in [0.2, 0.25) is 0 Å². The van der Waals surface area contributed by atoms with E-state index < -0.39 is 11.8 Å². The SMILES string of the molecule is Cn1ccc(=O)c(OCc2ccccc2)c1C(=O)N1CCC2(CC1)COC(=O)O2.O=CO. The molecule has 2 fully saturated rings. The molecule has 10 heteroatoms. The van der Waals surface area contributed by atoms with Gasteiger partial charge in [-0.05, 0) is 5.56 Å². The topological polar surface area (TPSA) is 124 Å². The Kier molecular flexibility index (Phi) is 7.14. The number of benzene rings is 1. The number of nitrogens with zero attached hydrogens (tertiary/aromatic N) is 2. The molecule has 0 bridgehead atoms. The van der Waals surface area contributed by atoms with Crippen LogP contribution in [0.15, 0.2) is 47.4 Å². The van der Waals surface area contributed by atoms with Gasteiger partial charge in [-0.3, -0.25) is 14.4 Å². The number of ether oxygens (including phenoxy) is 3. The van der Waals surface area contributed by atoms with Crippen molar-refractivity contribution in [3.05, 3.63) is 64.1 Å². The highest BCUT2D eigenvalue weighted by Crippen LogP contribution is 2.32. The average molecular weight is 444 g/mol. The maximum absolute atomic E-state index is 13.2. The monoisotopic (exact) mass is 444 g/mol. The summed E-state index contributed by atoms with van der Waals surface area (Å²) in [5.74, 6) is -0.242. The number of pyridine rings is 1. The van der Waals surface area contributed by atoms with Crippen LogP contribution in [-0.4, -0.2) is 58.4 Å². The number of cyclic esters (lactones) is 1. The zero-order valence-corrected chi connectivity index (χ0v) is 17.6. The minimum Gasteiger partial charge on any atom is -0.483 e. The van der Waals surface area contributed by atoms with E-state index in [1.165, 1.54) is 6.07 Å². The van der Waals surface area contributed by atoms with Crippen molar-refractivity contribution in [2.45, 2.75) is 25.0 Å². The van der Waals surface area contributed by atoms with E-state index in [9.17, 15) is 14.4 Å². The first-order valence-electron chi connectivity index (χ1n) is 9.98. The molecule has 3 heterocycles. The Morgan fingerprint density at radius 3 is 2.44 bits per heavy atom. The van der Waals surface area contributed by atoms with Crippen LogP contribution in [0.4, 0.5) is 4.79 Å². The summed E-state index contributed by atoms with van der Waals surface area (Å²) in [7, 11) is 1.71. The summed E-state index contributed by atoms with van der Waals surface area (Å²) < 4.78 is 17.6. The second-order valence-corrected chi connectivity index (χ2v) is 7.46. The molecule has 0 atom stereocenters. The molecule has 2 saturated heterocycles. The third-order valence-corrected chi connectivity index (χ3v) is 5.38. The zero-order valence-electron chi connectivity index (χ0n) is 17.6. The van der Waals surface area contributed by atoms with E-state index in [0.29, 0.717) is 25.9 Å². The predicted molar refractivity (Wildman–Crippen MR) is 111 cm³/mol. The fourth-order valence-corrected chi connectivity index (χ4v) is 3.66. The zero-order chi connectivity index (χ0) is 23.1. The van der Waals surface area contributed by atoms with Crippen LogP contribution in [0.5, 0.6) is 5.75 Å². The number of hydrogen-bond donors (Lipinski definition) is 1. The molecule has 1 aromatic heterocycles. The molecule has 2 aliphatic rings. The van der Waals surface area contributed by atoms with Crippen LogP contribution in [0.1, 0.15) is 28.9 Å². The summed E-state index contributed by atoms with van der Waals surface area (Å²) in [6.45, 7) is 0.952. The molecule has 32 heavy (non-hydrogen) atoms. The Bertz CT molecular complexity index is 1030. The van der Waals surface area contributed by atoms with Gasteiger partial charge in [0, 0.05) is 45.2 Å². The van der Waals surface area contributed by atoms with Crippen LogP contribution in [-0.2, 0) is 27.9 Å². The van der Waals surface area contributed by atoms with E-state index in [-0.39, 0.29) is 42.5 Å². The minimum atomic E-state index is -0.660. The average Bonchev–Trinajstić information content (AvgIpc) is 3.15. The second kappa shape index (κ2) is 9.99. The molecule has 0 unspecified atom stereocenters. The van der Waals surface area contributed by atoms with Crippen LogP contribution in [0.3, 0.4) is 0 Å². The molecule has 1 aromatic carbocycles. The lowest BCUT2D eigenvalue weighted by atomic mass is 9.92. The van der Waals surface area contributed by atoms with Crippen LogP contribution < -0.4 is 10.2 Å². The summed E-state index contributed by atoms with van der Waals surface area (Å²) in [4.78, 5) is 47.0. The standard InChI is InChI=1S/C21H22N2O6.CH2O2/c1-22-10-7-16(24)18(27-13-15-5-3-2-4-6-15)17(22)19(25)23-11-8-21(9-12-23)14-28-20(26)29-21;2-1-3/h2-7,10H,8-9,11-14H2,1H3;1H,(H,2,3). The molecule has 170 valence electrons. The molecule has 10 nitrogen and oxygen atoms in total. The van der Waals surface area contributed by atoms with Crippen LogP contribution in [0, 0.1) is 0 Å². The lowest BCUT2D eigenvalue weighted by molar-refractivity contribution is -0.122. The van der Waals surface area contributed by atoms with Gasteiger partial charge in [-0.15, -0.1) is 0 Å². The maximum atomic E-state index is 13.2. The van der Waals surface area contributed by atoms with Crippen LogP contribution in [0.25, 0.3) is 0 Å². The van der Waals surface area contributed by atoms with Gasteiger partial charge in [0.2, 0.25) is 5.43 Å². The summed E-state index contributed by atoms with van der Waals surface area (Å²) in [5.41, 5.74) is 0.126. The third-order valence-electron chi connectivity index (χ3n) is 5.38. The number of hydrogen-bond acceptors (Lipinski definition) is 7. The molecule has 2 aromatic rings. The molecule has 4 rings (SSSR count). The van der Waals surface area contributed by atoms with Crippen molar-refractivity contribution >= 4 is 18.5 Å². The molecular weight excluding hydrogens is 420 g/mol. The smallest absolute Gasteiger partial charge is 0.483 e. The van der Waals surface area contributed by atoms with Crippen molar-refractivity contribution in [3.8, 4) is 5.75 Å². The first kappa shape index (κ1) is 22.9. The normalized spacial score (nSPS) is 16.4. The van der Waals surface area contributed by atoms with E-state index in [4.69, 9.17) is 24.1 Å². The van der Waals surface area contributed by atoms with Gasteiger partial charge in [0.05, 0.1) is 0 Å². The number of aromatic nitrogens is 1. The summed E-state index contributed by atoms with van der Waals surface area (Å²) in [6.07, 6.45) is 1.88. The number of carboxylic acid groups (broad SMARTS) is 1. The van der Waals surface area contributed by atoms with E-state index >= 15 is 0 Å². The Balaban J connectivity index is 0.000000913. The van der Waals surface area contributed by atoms with Crippen molar-refractivity contribution in [3.63, 3.8) is 0 Å². The van der Waals surface area contributed by atoms with Crippen molar-refractivity contribution < 1.29 is 33.7 Å². The number of piperidine rings is 1. The molecule has 0 radical (unpaired) electrons. The molecule has 1 spiro atoms. The number of amides is 1. The highest BCUT2D eigenvalue weighted by Gasteiger charge is 2.45. The van der Waals surface area contributed by atoms with Crippen molar-refractivity contribution in [2.24, 2.45) is 7.05 Å². The van der Waals surface area contributed by atoms with E-state index in [2.05, 4.69) is 0 Å². The Hall–Kier alpha value is -3.82. The number of carbonyl (C=O) groups excluding carboxylic acids is 2. The maximum Gasteiger partial charge on any atom is 0.509 e. The van der Waals surface area contributed by atoms with Gasteiger partial charge in [0.15, 0.2) is 17.0 Å². The highest BCUT2D eigenvalue weighted by molar-refractivity contribution is 5.95. The summed E-state index contributed by atoms with van der Waals surface area (Å²) in [6, 6.07) is 10.8. The quantitative estimate of drug-likeness (QED) is 0.559. The Labute approximate surface area is 183 Å². The fourth-order valence-electron chi connectivity index (χ4n) is 3.66. The fraction of sp³-hybridized carbons (Fsp3) is 0.364. The largest absolute Gasteiger partial charge is 0.509 e. The lowest BCUT2D eigenvalue weighted by Gasteiger charge is -2.36. The molecule has 1 N–H and O–H groups in total.